The minimum Gasteiger partial charge on any atom is -0.550 e. The minimum atomic E-state index is -1.16. The number of carboxylic acids is 1. The Labute approximate surface area is 133 Å². The van der Waals surface area contributed by atoms with E-state index >= 15 is 0 Å². The number of para-hydroxylation sites is 1. The topological polar surface area (TPSA) is 67.2 Å². The number of benzene rings is 2. The molecule has 0 bridgehead atoms. The van der Waals surface area contributed by atoms with Crippen LogP contribution in [0, 0.1) is 0 Å². The number of hydrogen-bond acceptors (Lipinski definition) is 4. The van der Waals surface area contributed by atoms with Crippen LogP contribution in [0.15, 0.2) is 60.8 Å². The molecule has 1 aromatic heterocycles. The Hall–Kier alpha value is -3.08. The Bertz CT molecular complexity index is 808. The van der Waals surface area contributed by atoms with Gasteiger partial charge in [0.15, 0.2) is 0 Å². The molecule has 0 aliphatic heterocycles. The number of ether oxygens (including phenoxy) is 1. The van der Waals surface area contributed by atoms with E-state index in [0.717, 1.165) is 17.0 Å². The van der Waals surface area contributed by atoms with Crippen LogP contribution in [0.4, 0.5) is 0 Å². The fourth-order valence-electron chi connectivity index (χ4n) is 2.39. The molecular weight excluding hydrogens is 292 g/mol. The molecule has 0 aliphatic carbocycles. The Morgan fingerprint density at radius 3 is 2.43 bits per heavy atom. The summed E-state index contributed by atoms with van der Waals surface area (Å²) in [4.78, 5) is 15.5. The predicted molar refractivity (Wildman–Crippen MR) is 84.3 cm³/mol. The maximum Gasteiger partial charge on any atom is 0.119 e. The first kappa shape index (κ1) is 14.8. The van der Waals surface area contributed by atoms with Crippen LogP contribution >= 0.6 is 0 Å². The highest BCUT2D eigenvalue weighted by atomic mass is 16.5. The van der Waals surface area contributed by atoms with Crippen LogP contribution in [0.1, 0.15) is 5.82 Å². The summed E-state index contributed by atoms with van der Waals surface area (Å²) < 4.78 is 6.92. The second-order valence-electron chi connectivity index (χ2n) is 5.03. The highest BCUT2D eigenvalue weighted by Gasteiger charge is 2.11. The number of carbonyl (C=O) groups is 1. The van der Waals surface area contributed by atoms with Crippen molar-refractivity contribution < 1.29 is 14.6 Å². The van der Waals surface area contributed by atoms with E-state index in [0.29, 0.717) is 11.5 Å². The van der Waals surface area contributed by atoms with Gasteiger partial charge >= 0.3 is 0 Å². The maximum absolute atomic E-state index is 11.0. The van der Waals surface area contributed by atoms with Gasteiger partial charge in [-0.2, -0.15) is 0 Å². The maximum atomic E-state index is 11.0. The van der Waals surface area contributed by atoms with Crippen molar-refractivity contribution >= 4 is 5.97 Å². The number of carboxylic acid groups (broad SMARTS) is 1. The van der Waals surface area contributed by atoms with Crippen LogP contribution < -0.4 is 9.84 Å². The molecule has 3 aromatic rings. The van der Waals surface area contributed by atoms with E-state index in [9.17, 15) is 9.90 Å². The van der Waals surface area contributed by atoms with Gasteiger partial charge in [0.2, 0.25) is 0 Å². The molecule has 0 radical (unpaired) electrons. The van der Waals surface area contributed by atoms with Crippen LogP contribution in [0.2, 0.25) is 0 Å². The number of aliphatic carboxylic acids is 1. The molecule has 0 spiro atoms. The molecule has 0 atom stereocenters. The average molecular weight is 307 g/mol. The Morgan fingerprint density at radius 2 is 1.83 bits per heavy atom. The molecule has 5 heteroatoms. The summed E-state index contributed by atoms with van der Waals surface area (Å²) in [6, 6.07) is 17.0. The SMILES string of the molecule is COc1ccc(-c2cn(-c3ccccc3)c(CC(=O)[O-])n2)cc1. The summed E-state index contributed by atoms with van der Waals surface area (Å²) in [5.41, 5.74) is 2.45. The van der Waals surface area contributed by atoms with Crippen LogP contribution in [0.3, 0.4) is 0 Å². The number of nitrogens with zero attached hydrogens (tertiary/aromatic N) is 2. The van der Waals surface area contributed by atoms with Crippen LogP contribution in [-0.4, -0.2) is 22.6 Å². The second-order valence-corrected chi connectivity index (χ2v) is 5.03. The van der Waals surface area contributed by atoms with Crippen molar-refractivity contribution in [3.05, 3.63) is 66.6 Å². The van der Waals surface area contributed by atoms with Gasteiger partial charge in [0, 0.05) is 29.8 Å². The summed E-state index contributed by atoms with van der Waals surface area (Å²) in [5, 5.41) is 11.0. The lowest BCUT2D eigenvalue weighted by Gasteiger charge is -2.07. The molecule has 0 saturated heterocycles. The summed E-state index contributed by atoms with van der Waals surface area (Å²) in [6.45, 7) is 0. The molecule has 0 N–H and O–H groups in total. The summed E-state index contributed by atoms with van der Waals surface area (Å²) in [7, 11) is 1.61. The third kappa shape index (κ3) is 3.23. The van der Waals surface area contributed by atoms with Crippen molar-refractivity contribution in [2.75, 3.05) is 7.11 Å². The third-order valence-electron chi connectivity index (χ3n) is 3.50. The highest BCUT2D eigenvalue weighted by molar-refractivity contribution is 5.68. The van der Waals surface area contributed by atoms with E-state index in [1.807, 2.05) is 60.8 Å². The zero-order chi connectivity index (χ0) is 16.2. The van der Waals surface area contributed by atoms with Gasteiger partial charge in [-0.05, 0) is 36.4 Å². The fraction of sp³-hybridized carbons (Fsp3) is 0.111. The van der Waals surface area contributed by atoms with Crippen molar-refractivity contribution in [1.82, 2.24) is 9.55 Å². The van der Waals surface area contributed by atoms with Gasteiger partial charge in [-0.1, -0.05) is 18.2 Å². The van der Waals surface area contributed by atoms with Crippen molar-refractivity contribution in [1.29, 1.82) is 0 Å². The molecule has 0 saturated carbocycles. The van der Waals surface area contributed by atoms with Crippen LogP contribution in [0.5, 0.6) is 5.75 Å². The van der Waals surface area contributed by atoms with Gasteiger partial charge < -0.3 is 19.2 Å². The monoisotopic (exact) mass is 307 g/mol. The zero-order valence-electron chi connectivity index (χ0n) is 12.6. The number of methoxy groups -OCH3 is 1. The van der Waals surface area contributed by atoms with Gasteiger partial charge in [0.25, 0.3) is 0 Å². The highest BCUT2D eigenvalue weighted by Crippen LogP contribution is 2.24. The number of imidazole rings is 1. The summed E-state index contributed by atoms with van der Waals surface area (Å²) >= 11 is 0. The van der Waals surface area contributed by atoms with Crippen molar-refractivity contribution in [3.8, 4) is 22.7 Å². The molecule has 0 amide bonds. The van der Waals surface area contributed by atoms with Crippen LogP contribution in [0.25, 0.3) is 16.9 Å². The largest absolute Gasteiger partial charge is 0.550 e. The normalized spacial score (nSPS) is 10.5. The molecule has 23 heavy (non-hydrogen) atoms. The summed E-state index contributed by atoms with van der Waals surface area (Å²) in [6.07, 6.45) is 1.58. The van der Waals surface area contributed by atoms with E-state index < -0.39 is 5.97 Å². The molecule has 0 fully saturated rings. The molecule has 5 nitrogen and oxygen atoms in total. The molecule has 1 heterocycles. The van der Waals surface area contributed by atoms with Gasteiger partial charge in [-0.25, -0.2) is 4.98 Å². The Morgan fingerprint density at radius 1 is 1.13 bits per heavy atom. The van der Waals surface area contributed by atoms with Crippen molar-refractivity contribution in [3.63, 3.8) is 0 Å². The number of rotatable bonds is 5. The van der Waals surface area contributed by atoms with Crippen LogP contribution in [-0.2, 0) is 11.2 Å². The smallest absolute Gasteiger partial charge is 0.119 e. The Balaban J connectivity index is 2.05. The lowest BCUT2D eigenvalue weighted by atomic mass is 10.1. The lowest BCUT2D eigenvalue weighted by molar-refractivity contribution is -0.304. The molecule has 3 rings (SSSR count). The standard InChI is InChI=1S/C18H16N2O3/c1-23-15-9-7-13(8-10-15)16-12-20(14-5-3-2-4-6-14)17(19-16)11-18(21)22/h2-10,12H,11H2,1H3,(H,21,22)/p-1. The van der Waals surface area contributed by atoms with Gasteiger partial charge in [0.1, 0.15) is 11.6 Å². The summed E-state index contributed by atoms with van der Waals surface area (Å²) in [5.74, 6) is 0.0299. The van der Waals surface area contributed by atoms with Gasteiger partial charge in [-0.3, -0.25) is 0 Å². The molecule has 116 valence electrons. The first-order chi connectivity index (χ1) is 11.2. The van der Waals surface area contributed by atoms with E-state index in [2.05, 4.69) is 4.98 Å². The minimum absolute atomic E-state index is 0.245. The zero-order valence-corrected chi connectivity index (χ0v) is 12.6. The molecular formula is C18H15N2O3-. The lowest BCUT2D eigenvalue weighted by Crippen LogP contribution is -2.25. The van der Waals surface area contributed by atoms with Crippen molar-refractivity contribution in [2.24, 2.45) is 0 Å². The van der Waals surface area contributed by atoms with Gasteiger partial charge in [-0.15, -0.1) is 0 Å². The van der Waals surface area contributed by atoms with E-state index in [-0.39, 0.29) is 6.42 Å². The average Bonchev–Trinajstić information content (AvgIpc) is 2.99. The Kier molecular flexibility index (Phi) is 4.10. The quantitative estimate of drug-likeness (QED) is 0.721. The number of hydrogen-bond donors (Lipinski definition) is 0. The first-order valence-corrected chi connectivity index (χ1v) is 7.15. The fourth-order valence-corrected chi connectivity index (χ4v) is 2.39. The first-order valence-electron chi connectivity index (χ1n) is 7.15. The van der Waals surface area contributed by atoms with Gasteiger partial charge in [0.05, 0.1) is 12.8 Å². The van der Waals surface area contributed by atoms with Crippen molar-refractivity contribution in [2.45, 2.75) is 6.42 Å². The molecule has 2 aromatic carbocycles. The third-order valence-corrected chi connectivity index (χ3v) is 3.50. The number of carbonyl (C=O) groups excluding carboxylic acids is 1. The predicted octanol–water partition coefficient (Wildman–Crippen LogP) is 1.84. The second kappa shape index (κ2) is 6.36. The number of aromatic nitrogens is 2. The van der Waals surface area contributed by atoms with E-state index in [4.69, 9.17) is 4.74 Å². The van der Waals surface area contributed by atoms with E-state index in [1.165, 1.54) is 0 Å². The van der Waals surface area contributed by atoms with E-state index in [1.54, 1.807) is 11.7 Å². The molecule has 0 unspecified atom stereocenters. The molecule has 0 aliphatic rings.